The number of hydrogen-bond acceptors (Lipinski definition) is 2. The number of rotatable bonds is 3. The van der Waals surface area contributed by atoms with Crippen molar-refractivity contribution < 1.29 is 4.79 Å². The maximum atomic E-state index is 12.8. The molecule has 120 valence electrons. The van der Waals surface area contributed by atoms with Gasteiger partial charge in [-0.2, -0.15) is 5.26 Å². The average Bonchev–Trinajstić information content (AvgIpc) is 2.96. The van der Waals surface area contributed by atoms with Crippen molar-refractivity contribution in [1.29, 1.82) is 5.26 Å². The number of amides is 1. The molecule has 0 aliphatic heterocycles. The smallest absolute Gasteiger partial charge is 0.240 e. The summed E-state index contributed by atoms with van der Waals surface area (Å²) in [5, 5.41) is 12.8. The van der Waals surface area contributed by atoms with Gasteiger partial charge in [-0.3, -0.25) is 4.79 Å². The van der Waals surface area contributed by atoms with Crippen molar-refractivity contribution in [1.82, 2.24) is 5.32 Å². The van der Waals surface area contributed by atoms with E-state index in [-0.39, 0.29) is 11.9 Å². The highest BCUT2D eigenvalue weighted by atomic mass is 16.2. The fourth-order valence-electron chi connectivity index (χ4n) is 6.56. The van der Waals surface area contributed by atoms with Crippen molar-refractivity contribution in [3.05, 3.63) is 0 Å². The fourth-order valence-corrected chi connectivity index (χ4v) is 6.56. The molecule has 0 spiro atoms. The zero-order valence-corrected chi connectivity index (χ0v) is 13.7. The van der Waals surface area contributed by atoms with Gasteiger partial charge in [-0.15, -0.1) is 0 Å². The minimum Gasteiger partial charge on any atom is -0.352 e. The van der Waals surface area contributed by atoms with Gasteiger partial charge in [-0.1, -0.05) is 12.8 Å². The van der Waals surface area contributed by atoms with Gasteiger partial charge in [0.1, 0.15) is 5.41 Å². The summed E-state index contributed by atoms with van der Waals surface area (Å²) in [5.74, 6) is 2.74. The van der Waals surface area contributed by atoms with E-state index in [1.807, 2.05) is 0 Å². The van der Waals surface area contributed by atoms with Crippen molar-refractivity contribution in [2.75, 3.05) is 0 Å². The molecule has 5 aliphatic rings. The van der Waals surface area contributed by atoms with Gasteiger partial charge in [0.05, 0.1) is 6.07 Å². The molecule has 1 atom stereocenters. The van der Waals surface area contributed by atoms with Gasteiger partial charge in [-0.25, -0.2) is 0 Å². The highest BCUT2D eigenvalue weighted by molar-refractivity contribution is 5.86. The molecule has 4 bridgehead atoms. The maximum absolute atomic E-state index is 12.8. The third-order valence-electron chi connectivity index (χ3n) is 7.46. The fraction of sp³-hybridized carbons (Fsp3) is 0.895. The summed E-state index contributed by atoms with van der Waals surface area (Å²) in [5.41, 5.74) is -0.393. The molecular formula is C19H28N2O. The number of carbonyl (C=O) groups excluding carboxylic acids is 1. The van der Waals surface area contributed by atoms with Crippen LogP contribution in [0.5, 0.6) is 0 Å². The van der Waals surface area contributed by atoms with Crippen molar-refractivity contribution in [2.45, 2.75) is 77.2 Å². The molecule has 5 rings (SSSR count). The maximum Gasteiger partial charge on any atom is 0.240 e. The van der Waals surface area contributed by atoms with Crippen LogP contribution in [0.15, 0.2) is 0 Å². The molecule has 5 fully saturated rings. The Hall–Kier alpha value is -1.04. The number of hydrogen-bond donors (Lipinski definition) is 1. The first-order valence-electron chi connectivity index (χ1n) is 9.27. The van der Waals surface area contributed by atoms with E-state index in [0.717, 1.165) is 43.4 Å². The highest BCUT2D eigenvalue weighted by Crippen LogP contribution is 2.61. The summed E-state index contributed by atoms with van der Waals surface area (Å²) < 4.78 is 0. The summed E-state index contributed by atoms with van der Waals surface area (Å²) in [6.07, 6.45) is 11.8. The van der Waals surface area contributed by atoms with E-state index in [4.69, 9.17) is 0 Å². The number of nitrogens with zero attached hydrogens (tertiary/aromatic N) is 1. The molecule has 22 heavy (non-hydrogen) atoms. The van der Waals surface area contributed by atoms with Crippen LogP contribution in [-0.2, 0) is 4.79 Å². The molecule has 5 aliphatic carbocycles. The summed E-state index contributed by atoms with van der Waals surface area (Å²) in [7, 11) is 0. The van der Waals surface area contributed by atoms with E-state index in [2.05, 4.69) is 18.3 Å². The molecule has 1 amide bonds. The van der Waals surface area contributed by atoms with Gasteiger partial charge >= 0.3 is 0 Å². The lowest BCUT2D eigenvalue weighted by molar-refractivity contribution is -0.132. The van der Waals surface area contributed by atoms with Crippen molar-refractivity contribution in [3.8, 4) is 6.07 Å². The van der Waals surface area contributed by atoms with Crippen molar-refractivity contribution >= 4 is 5.91 Å². The molecular weight excluding hydrogens is 272 g/mol. The second-order valence-corrected chi connectivity index (χ2v) is 8.88. The second-order valence-electron chi connectivity index (χ2n) is 8.88. The SMILES string of the molecule is C[C@@H](NC(=O)C1(C#N)CCCC1)C12CC3CC(CC(C3)C1)C2. The predicted octanol–water partition coefficient (Wildman–Crippen LogP) is 3.79. The van der Waals surface area contributed by atoms with E-state index in [1.165, 1.54) is 38.5 Å². The molecule has 0 heterocycles. The van der Waals surface area contributed by atoms with Crippen molar-refractivity contribution in [3.63, 3.8) is 0 Å². The molecule has 3 heteroatoms. The molecule has 0 aromatic rings. The van der Waals surface area contributed by atoms with Gasteiger partial charge in [-0.05, 0) is 81.5 Å². The Bertz CT molecular complexity index is 477. The van der Waals surface area contributed by atoms with Crippen LogP contribution in [-0.4, -0.2) is 11.9 Å². The van der Waals surface area contributed by atoms with Crippen LogP contribution in [0.4, 0.5) is 0 Å². The van der Waals surface area contributed by atoms with Crippen LogP contribution in [0, 0.1) is 39.9 Å². The zero-order chi connectivity index (χ0) is 15.4. The number of nitriles is 1. The quantitative estimate of drug-likeness (QED) is 0.862. The van der Waals surface area contributed by atoms with Crippen molar-refractivity contribution in [2.24, 2.45) is 28.6 Å². The third kappa shape index (κ3) is 2.10. The first kappa shape index (κ1) is 14.5. The van der Waals surface area contributed by atoms with Gasteiger partial charge in [0, 0.05) is 6.04 Å². The van der Waals surface area contributed by atoms with Crippen LogP contribution >= 0.6 is 0 Å². The predicted molar refractivity (Wildman–Crippen MR) is 84.7 cm³/mol. The minimum atomic E-state index is -0.726. The van der Waals surface area contributed by atoms with Crippen LogP contribution in [0.3, 0.4) is 0 Å². The lowest BCUT2D eigenvalue weighted by Crippen LogP contribution is -2.57. The molecule has 0 unspecified atom stereocenters. The Morgan fingerprint density at radius 2 is 1.59 bits per heavy atom. The summed E-state index contributed by atoms with van der Waals surface area (Å²) >= 11 is 0. The number of nitrogens with one attached hydrogen (secondary N) is 1. The van der Waals surface area contributed by atoms with E-state index < -0.39 is 5.41 Å². The Morgan fingerprint density at radius 1 is 1.09 bits per heavy atom. The van der Waals surface area contributed by atoms with Gasteiger partial charge in [0.2, 0.25) is 5.91 Å². The van der Waals surface area contributed by atoms with E-state index in [1.54, 1.807) is 0 Å². The van der Waals surface area contributed by atoms with Gasteiger partial charge < -0.3 is 5.32 Å². The summed E-state index contributed by atoms with van der Waals surface area (Å²) in [6, 6.07) is 2.58. The standard InChI is InChI=1S/C19H28N2O/c1-13(21-17(22)18(12-20)4-2-3-5-18)19-9-14-6-15(10-19)8-16(7-14)11-19/h13-16H,2-11H2,1H3,(H,21,22)/t13-,14?,15?,16?,19?/m1/s1. The van der Waals surface area contributed by atoms with Crippen LogP contribution < -0.4 is 5.32 Å². The summed E-state index contributed by atoms with van der Waals surface area (Å²) in [4.78, 5) is 12.8. The largest absolute Gasteiger partial charge is 0.352 e. The van der Waals surface area contributed by atoms with E-state index >= 15 is 0 Å². The van der Waals surface area contributed by atoms with E-state index in [0.29, 0.717) is 5.41 Å². The second kappa shape index (κ2) is 4.98. The molecule has 0 aromatic heterocycles. The Balaban J connectivity index is 1.49. The molecule has 3 nitrogen and oxygen atoms in total. The Morgan fingerprint density at radius 3 is 2.05 bits per heavy atom. The Kier molecular flexibility index (Phi) is 3.29. The molecule has 0 aromatic carbocycles. The lowest BCUT2D eigenvalue weighted by atomic mass is 9.48. The topological polar surface area (TPSA) is 52.9 Å². The zero-order valence-electron chi connectivity index (χ0n) is 13.7. The first-order valence-corrected chi connectivity index (χ1v) is 9.27. The third-order valence-corrected chi connectivity index (χ3v) is 7.46. The number of carbonyl (C=O) groups is 1. The lowest BCUT2D eigenvalue weighted by Gasteiger charge is -2.59. The average molecular weight is 300 g/mol. The van der Waals surface area contributed by atoms with Gasteiger partial charge in [0.15, 0.2) is 0 Å². The highest BCUT2D eigenvalue weighted by Gasteiger charge is 2.54. The van der Waals surface area contributed by atoms with E-state index in [9.17, 15) is 10.1 Å². The minimum absolute atomic E-state index is 0.0238. The Labute approximate surface area is 133 Å². The molecule has 5 saturated carbocycles. The van der Waals surface area contributed by atoms with Crippen LogP contribution in [0.25, 0.3) is 0 Å². The van der Waals surface area contributed by atoms with Gasteiger partial charge in [0.25, 0.3) is 0 Å². The summed E-state index contributed by atoms with van der Waals surface area (Å²) in [6.45, 7) is 2.21. The molecule has 0 saturated heterocycles. The molecule has 1 N–H and O–H groups in total. The normalized spacial score (nSPS) is 42.8. The van der Waals surface area contributed by atoms with Crippen LogP contribution in [0.1, 0.15) is 71.1 Å². The monoisotopic (exact) mass is 300 g/mol. The van der Waals surface area contributed by atoms with Crippen LogP contribution in [0.2, 0.25) is 0 Å². The first-order chi connectivity index (χ1) is 10.6. The molecule has 0 radical (unpaired) electrons.